The van der Waals surface area contributed by atoms with Gasteiger partial charge in [-0.2, -0.15) is 0 Å². The molecule has 3 rings (SSSR count). The van der Waals surface area contributed by atoms with Crippen molar-refractivity contribution >= 4 is 17.1 Å². The Kier molecular flexibility index (Phi) is 3.42. The number of hydrogen-bond acceptors (Lipinski definition) is 3. The first-order chi connectivity index (χ1) is 10.3. The molecule has 0 fully saturated rings. The van der Waals surface area contributed by atoms with Crippen LogP contribution < -0.4 is 0 Å². The minimum Gasteiger partial charge on any atom is -0.459 e. The van der Waals surface area contributed by atoms with Crippen LogP contribution in [0.1, 0.15) is 50.6 Å². The van der Waals surface area contributed by atoms with Gasteiger partial charge in [0.15, 0.2) is 0 Å². The average molecular weight is 301 g/mol. The van der Waals surface area contributed by atoms with Gasteiger partial charge in [-0.25, -0.2) is 4.79 Å². The third kappa shape index (κ3) is 2.58. The molecule has 2 heterocycles. The lowest BCUT2D eigenvalue weighted by Gasteiger charge is -2.34. The fourth-order valence-corrected chi connectivity index (χ4v) is 3.01. The standard InChI is InChI=1S/C18H23NO3/c1-11-6-7-13-14-8-9-19(17(20)22-18(3,4)5)12(2)16(14)21-15(13)10-11/h6-7,10,12H,8-9H2,1-5H3. The van der Waals surface area contributed by atoms with E-state index in [0.717, 1.165) is 23.2 Å². The van der Waals surface area contributed by atoms with Gasteiger partial charge in [-0.3, -0.25) is 4.90 Å². The van der Waals surface area contributed by atoms with Crippen molar-refractivity contribution < 1.29 is 13.9 Å². The largest absolute Gasteiger partial charge is 0.459 e. The molecule has 1 aromatic carbocycles. The number of fused-ring (bicyclic) bond motifs is 3. The summed E-state index contributed by atoms with van der Waals surface area (Å²) in [6, 6.07) is 6.16. The number of nitrogens with zero attached hydrogens (tertiary/aromatic N) is 1. The quantitative estimate of drug-likeness (QED) is 0.714. The Morgan fingerprint density at radius 3 is 2.77 bits per heavy atom. The third-order valence-corrected chi connectivity index (χ3v) is 4.06. The first-order valence-electron chi connectivity index (χ1n) is 7.78. The van der Waals surface area contributed by atoms with Crippen molar-refractivity contribution in [1.82, 2.24) is 4.90 Å². The Morgan fingerprint density at radius 1 is 1.36 bits per heavy atom. The topological polar surface area (TPSA) is 42.7 Å². The summed E-state index contributed by atoms with van der Waals surface area (Å²) < 4.78 is 11.5. The highest BCUT2D eigenvalue weighted by Crippen LogP contribution is 2.37. The molecular weight excluding hydrogens is 278 g/mol. The summed E-state index contributed by atoms with van der Waals surface area (Å²) >= 11 is 0. The number of carbonyl (C=O) groups excluding carboxylic acids is 1. The van der Waals surface area contributed by atoms with E-state index in [1.165, 1.54) is 11.1 Å². The predicted molar refractivity (Wildman–Crippen MR) is 86.0 cm³/mol. The molecule has 0 saturated carbocycles. The molecule has 118 valence electrons. The molecule has 4 heteroatoms. The normalized spacial score (nSPS) is 18.4. The van der Waals surface area contributed by atoms with Gasteiger partial charge >= 0.3 is 6.09 Å². The highest BCUT2D eigenvalue weighted by Gasteiger charge is 2.34. The van der Waals surface area contributed by atoms with E-state index in [2.05, 4.69) is 25.1 Å². The number of aryl methyl sites for hydroxylation is 1. The van der Waals surface area contributed by atoms with E-state index < -0.39 is 5.60 Å². The van der Waals surface area contributed by atoms with Crippen LogP contribution in [0.25, 0.3) is 11.0 Å². The fourth-order valence-electron chi connectivity index (χ4n) is 3.01. The lowest BCUT2D eigenvalue weighted by atomic mass is 9.98. The van der Waals surface area contributed by atoms with E-state index in [-0.39, 0.29) is 12.1 Å². The van der Waals surface area contributed by atoms with Crippen LogP contribution in [0, 0.1) is 6.92 Å². The SMILES string of the molecule is Cc1ccc2c3c(oc2c1)C(C)N(C(=O)OC(C)(C)C)CC3. The molecule has 0 N–H and O–H groups in total. The zero-order chi connectivity index (χ0) is 16.1. The predicted octanol–water partition coefficient (Wildman–Crippen LogP) is 4.60. The summed E-state index contributed by atoms with van der Waals surface area (Å²) in [5, 5.41) is 1.16. The number of hydrogen-bond donors (Lipinski definition) is 0. The molecule has 0 radical (unpaired) electrons. The number of furan rings is 1. The van der Waals surface area contributed by atoms with Crippen LogP contribution in [0.3, 0.4) is 0 Å². The van der Waals surface area contributed by atoms with Gasteiger partial charge in [0.1, 0.15) is 16.9 Å². The van der Waals surface area contributed by atoms with Gasteiger partial charge in [0.25, 0.3) is 0 Å². The Balaban J connectivity index is 1.94. The van der Waals surface area contributed by atoms with Crippen LogP contribution >= 0.6 is 0 Å². The molecule has 1 atom stereocenters. The second-order valence-electron chi connectivity index (χ2n) is 7.04. The van der Waals surface area contributed by atoms with Gasteiger partial charge in [0, 0.05) is 17.5 Å². The lowest BCUT2D eigenvalue weighted by Crippen LogP contribution is -2.41. The number of rotatable bonds is 0. The van der Waals surface area contributed by atoms with Crippen LogP contribution in [0.2, 0.25) is 0 Å². The smallest absolute Gasteiger partial charge is 0.410 e. The van der Waals surface area contributed by atoms with Crippen molar-refractivity contribution in [3.8, 4) is 0 Å². The molecule has 0 saturated heterocycles. The minimum atomic E-state index is -0.484. The minimum absolute atomic E-state index is 0.105. The second-order valence-corrected chi connectivity index (χ2v) is 7.04. The Hall–Kier alpha value is -1.97. The summed E-state index contributed by atoms with van der Waals surface area (Å²) in [7, 11) is 0. The van der Waals surface area contributed by atoms with Crippen molar-refractivity contribution in [3.63, 3.8) is 0 Å². The first-order valence-corrected chi connectivity index (χ1v) is 7.78. The van der Waals surface area contributed by atoms with Crippen LogP contribution in [0.15, 0.2) is 22.6 Å². The number of amides is 1. The Labute approximate surface area is 131 Å². The van der Waals surface area contributed by atoms with Crippen LogP contribution in [0.4, 0.5) is 4.79 Å². The molecule has 1 unspecified atom stereocenters. The Bertz CT molecular complexity index is 724. The maximum absolute atomic E-state index is 12.4. The summed E-state index contributed by atoms with van der Waals surface area (Å²) in [5.74, 6) is 0.887. The molecule has 2 aromatic rings. The van der Waals surface area contributed by atoms with Gasteiger partial charge in [-0.1, -0.05) is 12.1 Å². The molecule has 1 aliphatic heterocycles. The molecule has 0 aliphatic carbocycles. The number of benzene rings is 1. The Morgan fingerprint density at radius 2 is 2.09 bits per heavy atom. The van der Waals surface area contributed by atoms with Crippen LogP contribution in [0.5, 0.6) is 0 Å². The van der Waals surface area contributed by atoms with E-state index in [4.69, 9.17) is 9.15 Å². The molecule has 0 spiro atoms. The third-order valence-electron chi connectivity index (χ3n) is 4.06. The molecule has 22 heavy (non-hydrogen) atoms. The zero-order valence-corrected chi connectivity index (χ0v) is 13.9. The van der Waals surface area contributed by atoms with E-state index in [1.54, 1.807) is 4.90 Å². The van der Waals surface area contributed by atoms with Gasteiger partial charge in [0.05, 0.1) is 6.04 Å². The van der Waals surface area contributed by atoms with Gasteiger partial charge in [-0.05, 0) is 52.7 Å². The molecule has 0 bridgehead atoms. The summed E-state index contributed by atoms with van der Waals surface area (Å²) in [6.07, 6.45) is 0.525. The summed E-state index contributed by atoms with van der Waals surface area (Å²) in [5.41, 5.74) is 2.82. The van der Waals surface area contributed by atoms with Crippen molar-refractivity contribution in [2.75, 3.05) is 6.54 Å². The molecule has 1 aliphatic rings. The van der Waals surface area contributed by atoms with Crippen molar-refractivity contribution in [2.45, 2.75) is 52.7 Å². The van der Waals surface area contributed by atoms with E-state index >= 15 is 0 Å². The van der Waals surface area contributed by atoms with Crippen molar-refractivity contribution in [2.24, 2.45) is 0 Å². The van der Waals surface area contributed by atoms with Crippen LogP contribution in [-0.2, 0) is 11.2 Å². The van der Waals surface area contributed by atoms with Gasteiger partial charge < -0.3 is 9.15 Å². The molecule has 1 aromatic heterocycles. The average Bonchev–Trinajstić information content (AvgIpc) is 2.75. The van der Waals surface area contributed by atoms with Crippen molar-refractivity contribution in [1.29, 1.82) is 0 Å². The van der Waals surface area contributed by atoms with Gasteiger partial charge in [0.2, 0.25) is 0 Å². The highest BCUT2D eigenvalue weighted by molar-refractivity contribution is 5.84. The van der Waals surface area contributed by atoms with Gasteiger partial charge in [-0.15, -0.1) is 0 Å². The summed E-state index contributed by atoms with van der Waals surface area (Å²) in [4.78, 5) is 14.1. The number of ether oxygens (including phenoxy) is 1. The van der Waals surface area contributed by atoms with E-state index in [1.807, 2.05) is 27.7 Å². The number of carbonyl (C=O) groups is 1. The van der Waals surface area contributed by atoms with Crippen molar-refractivity contribution in [3.05, 3.63) is 35.1 Å². The second kappa shape index (κ2) is 5.04. The molecule has 1 amide bonds. The zero-order valence-electron chi connectivity index (χ0n) is 13.9. The maximum Gasteiger partial charge on any atom is 0.410 e. The highest BCUT2D eigenvalue weighted by atomic mass is 16.6. The van der Waals surface area contributed by atoms with E-state index in [9.17, 15) is 4.79 Å². The first kappa shape index (κ1) is 14.9. The van der Waals surface area contributed by atoms with Crippen LogP contribution in [-0.4, -0.2) is 23.1 Å². The maximum atomic E-state index is 12.4. The van der Waals surface area contributed by atoms with E-state index in [0.29, 0.717) is 6.54 Å². The monoisotopic (exact) mass is 301 g/mol. The molecular formula is C18H23NO3. The fraction of sp³-hybridized carbons (Fsp3) is 0.500. The lowest BCUT2D eigenvalue weighted by molar-refractivity contribution is 0.0138. The summed E-state index contributed by atoms with van der Waals surface area (Å²) in [6.45, 7) is 10.4. The molecule has 4 nitrogen and oxygen atoms in total.